The maximum atomic E-state index is 3.51. The summed E-state index contributed by atoms with van der Waals surface area (Å²) in [7, 11) is 0. The molecule has 0 unspecified atom stereocenters. The summed E-state index contributed by atoms with van der Waals surface area (Å²) < 4.78 is 1.12. The van der Waals surface area contributed by atoms with Crippen molar-refractivity contribution in [2.24, 2.45) is 0 Å². The molecule has 0 heterocycles. The second-order valence-electron chi connectivity index (χ2n) is 36.0. The molecule has 0 atom stereocenters. The fraction of sp³-hybridized carbons (Fsp3) is 0.287. The summed E-state index contributed by atoms with van der Waals surface area (Å²) in [4.78, 5) is 2.51. The first-order chi connectivity index (χ1) is 48.5. The standard InChI is InChI=1S/C50H51N.C31H28.C20H25Br/c1-47(2,3)34-28-33(29-35(30-34)48(4,5)6)32-22-24-36(25-23-32)51(37-26-27-39-38-16-11-13-18-41(38)50(9,10)44(39)31-37)45-21-15-20-43-46(45)40-17-12-14-19-42(40)49(43,7)8;1-30(2)26-14-8-6-12-24(26)29-21(10-9-15-27(29)30)18-20-16-17-23-22-11-5-7-13-25(22)31(3,4)28(23)19-20;1-19(2,3)16-11-15(12-17(13-16)20(4,5)6)14-7-9-18(21)10-8-14/h11-31H,1-10H3;5-17,19H,18H2,1-4H3;7-13H,1-6H3. The Bertz CT molecular complexity index is 5200. The molecule has 16 rings (SSSR count). The number of hydrogen-bond acceptors (Lipinski definition) is 1. The van der Waals surface area contributed by atoms with Gasteiger partial charge in [0.25, 0.3) is 0 Å². The fourth-order valence-corrected chi connectivity index (χ4v) is 17.3. The SMILES string of the molecule is CC(C)(C)c1cc(-c2ccc(Br)cc2)cc(C(C)(C)C)c1.CC(C)(C)c1cc(-c2ccc(N(c3ccc4c(c3)C(C)(C)c3ccccc3-4)c3cccc4c3-c3ccccc3C4(C)C)cc2)cc(C(C)(C)C)c1.CC1(C)c2ccccc2-c2ccc(Cc3cccc4c3-c3ccccc3C4(C)C)cc21. The van der Waals surface area contributed by atoms with Crippen LogP contribution in [-0.4, -0.2) is 0 Å². The molecule has 0 spiro atoms. The minimum absolute atomic E-state index is 0.0508. The maximum absolute atomic E-state index is 3.51. The smallest absolute Gasteiger partial charge is 0.0543 e. The van der Waals surface area contributed by atoms with E-state index in [0.29, 0.717) is 0 Å². The third kappa shape index (κ3) is 12.8. The Morgan fingerprint density at radius 3 is 1.07 bits per heavy atom. The molecule has 0 amide bonds. The minimum atomic E-state index is -0.0898. The first kappa shape index (κ1) is 70.9. The monoisotopic (exact) mass is 1410 g/mol. The Labute approximate surface area is 625 Å². The lowest BCUT2D eigenvalue weighted by Gasteiger charge is -2.30. The van der Waals surface area contributed by atoms with Crippen LogP contribution < -0.4 is 4.90 Å². The van der Waals surface area contributed by atoms with Gasteiger partial charge in [0.05, 0.1) is 5.69 Å². The van der Waals surface area contributed by atoms with E-state index < -0.39 is 0 Å². The molecule has 0 saturated heterocycles. The molecule has 0 bridgehead atoms. The van der Waals surface area contributed by atoms with E-state index in [0.717, 1.165) is 16.6 Å². The first-order valence-corrected chi connectivity index (χ1v) is 38.2. The molecule has 0 radical (unpaired) electrons. The van der Waals surface area contributed by atoms with Gasteiger partial charge in [0, 0.05) is 43.1 Å². The minimum Gasteiger partial charge on any atom is -0.310 e. The Kier molecular flexibility index (Phi) is 17.7. The van der Waals surface area contributed by atoms with Crippen LogP contribution in [0.25, 0.3) is 66.8 Å². The van der Waals surface area contributed by atoms with E-state index in [1.165, 1.54) is 156 Å². The lowest BCUT2D eigenvalue weighted by Crippen LogP contribution is -2.17. The quantitative estimate of drug-likeness (QED) is 0.154. The van der Waals surface area contributed by atoms with Crippen molar-refractivity contribution in [1.29, 1.82) is 0 Å². The second kappa shape index (κ2) is 25.7. The van der Waals surface area contributed by atoms with E-state index in [9.17, 15) is 0 Å². The molecule has 0 saturated carbocycles. The van der Waals surface area contributed by atoms with Gasteiger partial charge in [-0.25, -0.2) is 0 Å². The number of nitrogens with zero attached hydrogens (tertiary/aromatic N) is 1. The molecule has 0 fully saturated rings. The first-order valence-electron chi connectivity index (χ1n) is 37.4. The summed E-state index contributed by atoms with van der Waals surface area (Å²) in [5.41, 5.74) is 39.8. The van der Waals surface area contributed by atoms with Gasteiger partial charge in [-0.1, -0.05) is 367 Å². The predicted octanol–water partition coefficient (Wildman–Crippen LogP) is 28.6. The van der Waals surface area contributed by atoms with Gasteiger partial charge >= 0.3 is 0 Å². The van der Waals surface area contributed by atoms with Gasteiger partial charge in [-0.2, -0.15) is 0 Å². The van der Waals surface area contributed by atoms with E-state index in [-0.39, 0.29) is 43.3 Å². The van der Waals surface area contributed by atoms with Crippen LogP contribution in [0.5, 0.6) is 0 Å². The van der Waals surface area contributed by atoms with Crippen LogP contribution in [0.3, 0.4) is 0 Å². The van der Waals surface area contributed by atoms with Gasteiger partial charge in [-0.05, 0) is 210 Å². The topological polar surface area (TPSA) is 3.24 Å². The molecule has 4 aliphatic rings. The molecule has 2 heteroatoms. The fourth-order valence-electron chi connectivity index (χ4n) is 17.0. The van der Waals surface area contributed by atoms with E-state index in [4.69, 9.17) is 0 Å². The van der Waals surface area contributed by atoms with Crippen molar-refractivity contribution in [3.8, 4) is 66.8 Å². The molecule has 1 nitrogen and oxygen atoms in total. The average molecular weight is 1410 g/mol. The van der Waals surface area contributed by atoms with E-state index in [2.05, 4.69) is 414 Å². The molecule has 103 heavy (non-hydrogen) atoms. The normalized spacial score (nSPS) is 15.0. The predicted molar refractivity (Wildman–Crippen MR) is 447 cm³/mol. The molecule has 0 N–H and O–H groups in total. The highest BCUT2D eigenvalue weighted by Gasteiger charge is 2.41. The highest BCUT2D eigenvalue weighted by Crippen LogP contribution is 2.57. The van der Waals surface area contributed by atoms with Crippen molar-refractivity contribution in [2.75, 3.05) is 4.90 Å². The zero-order valence-electron chi connectivity index (χ0n) is 64.8. The van der Waals surface area contributed by atoms with Crippen molar-refractivity contribution < 1.29 is 0 Å². The van der Waals surface area contributed by atoms with Crippen LogP contribution in [0.1, 0.15) is 216 Å². The molecule has 520 valence electrons. The summed E-state index contributed by atoms with van der Waals surface area (Å²) in [6.45, 7) is 46.5. The zero-order chi connectivity index (χ0) is 73.3. The number of hydrogen-bond donors (Lipinski definition) is 0. The van der Waals surface area contributed by atoms with Crippen LogP contribution in [0, 0.1) is 0 Å². The third-order valence-corrected chi connectivity index (χ3v) is 23.9. The molecule has 4 aliphatic carbocycles. The number of fused-ring (bicyclic) bond motifs is 12. The molecule has 0 aromatic heterocycles. The van der Waals surface area contributed by atoms with Crippen LogP contribution in [0.2, 0.25) is 0 Å². The van der Waals surface area contributed by atoms with Crippen molar-refractivity contribution in [3.05, 3.63) is 337 Å². The summed E-state index contributed by atoms with van der Waals surface area (Å²) >= 11 is 3.51. The zero-order valence-corrected chi connectivity index (χ0v) is 66.4. The van der Waals surface area contributed by atoms with Crippen molar-refractivity contribution in [1.82, 2.24) is 0 Å². The Morgan fingerprint density at radius 2 is 0.612 bits per heavy atom. The van der Waals surface area contributed by atoms with Crippen LogP contribution in [0.4, 0.5) is 17.1 Å². The Balaban J connectivity index is 0.000000146. The van der Waals surface area contributed by atoms with Gasteiger partial charge in [0.2, 0.25) is 0 Å². The average Bonchev–Trinajstić information content (AvgIpc) is 1.59. The molecule has 12 aromatic rings. The molecular weight excluding hydrogens is 1310 g/mol. The highest BCUT2D eigenvalue weighted by atomic mass is 79.9. The second-order valence-corrected chi connectivity index (χ2v) is 36.9. The Hall–Kier alpha value is -9.08. The maximum Gasteiger partial charge on any atom is 0.0543 e. The summed E-state index contributed by atoms with van der Waals surface area (Å²) in [6.07, 6.45) is 0.966. The lowest BCUT2D eigenvalue weighted by atomic mass is 9.79. The van der Waals surface area contributed by atoms with Gasteiger partial charge in [-0.15, -0.1) is 0 Å². The summed E-state index contributed by atoms with van der Waals surface area (Å²) in [6, 6.07) is 95.9. The van der Waals surface area contributed by atoms with E-state index in [1.54, 1.807) is 0 Å². The highest BCUT2D eigenvalue weighted by molar-refractivity contribution is 9.10. The van der Waals surface area contributed by atoms with Gasteiger partial charge in [0.1, 0.15) is 0 Å². The van der Waals surface area contributed by atoms with E-state index in [1.807, 2.05) is 0 Å². The van der Waals surface area contributed by atoms with Crippen molar-refractivity contribution in [2.45, 2.75) is 188 Å². The third-order valence-electron chi connectivity index (χ3n) is 23.4. The van der Waals surface area contributed by atoms with Gasteiger partial charge in [0.15, 0.2) is 0 Å². The summed E-state index contributed by atoms with van der Waals surface area (Å²) in [5.74, 6) is 0. The molecule has 12 aromatic carbocycles. The number of benzene rings is 12. The van der Waals surface area contributed by atoms with Crippen LogP contribution in [0.15, 0.2) is 259 Å². The lowest BCUT2D eigenvalue weighted by molar-refractivity contribution is 0.568. The summed E-state index contributed by atoms with van der Waals surface area (Å²) in [5, 5.41) is 0. The van der Waals surface area contributed by atoms with Crippen molar-refractivity contribution in [3.63, 3.8) is 0 Å². The molecular formula is C101H104BrN. The van der Waals surface area contributed by atoms with Crippen LogP contribution >= 0.6 is 15.9 Å². The Morgan fingerprint density at radius 1 is 0.272 bits per heavy atom. The molecule has 0 aliphatic heterocycles. The van der Waals surface area contributed by atoms with Gasteiger partial charge in [-0.3, -0.25) is 0 Å². The number of rotatable bonds is 7. The largest absolute Gasteiger partial charge is 0.310 e. The van der Waals surface area contributed by atoms with Crippen LogP contribution in [-0.2, 0) is 49.7 Å². The number of halogens is 1. The number of anilines is 3. The van der Waals surface area contributed by atoms with Gasteiger partial charge < -0.3 is 4.90 Å². The van der Waals surface area contributed by atoms with E-state index >= 15 is 0 Å². The van der Waals surface area contributed by atoms with Crippen molar-refractivity contribution >= 4 is 33.0 Å².